The Morgan fingerprint density at radius 3 is 2.77 bits per heavy atom. The Hall–Kier alpha value is -2.54. The summed E-state index contributed by atoms with van der Waals surface area (Å²) in [6.07, 6.45) is 2.74. The average Bonchev–Trinajstić information content (AvgIpc) is 2.76. The number of hydrogen-bond acceptors (Lipinski definition) is 5. The molecule has 0 saturated heterocycles. The Kier molecular flexibility index (Phi) is 3.50. The highest BCUT2D eigenvalue weighted by Crippen LogP contribution is 2.28. The molecule has 22 heavy (non-hydrogen) atoms. The highest BCUT2D eigenvalue weighted by molar-refractivity contribution is 6.38. The van der Waals surface area contributed by atoms with E-state index in [1.165, 1.54) is 12.5 Å². The van der Waals surface area contributed by atoms with Crippen molar-refractivity contribution in [3.05, 3.63) is 46.3 Å². The molecule has 0 aliphatic rings. The van der Waals surface area contributed by atoms with Crippen LogP contribution in [0.3, 0.4) is 0 Å². The molecule has 7 nitrogen and oxygen atoms in total. The number of aryl methyl sites for hydroxylation is 2. The molecule has 0 aromatic carbocycles. The number of rotatable bonds is 3. The van der Waals surface area contributed by atoms with Crippen LogP contribution in [0.5, 0.6) is 0 Å². The summed E-state index contributed by atoms with van der Waals surface area (Å²) < 4.78 is 1.66. The molecule has 112 valence electrons. The van der Waals surface area contributed by atoms with Crippen molar-refractivity contribution in [2.45, 2.75) is 20.4 Å². The molecular weight excluding hydrogens is 306 g/mol. The SMILES string of the molecule is Cc1cc(Cn2nc(C)c3c(Cl)c(C(=O)O)cnc32)ncn1. The number of aromatic carboxylic acids is 1. The van der Waals surface area contributed by atoms with Crippen molar-refractivity contribution < 1.29 is 9.90 Å². The van der Waals surface area contributed by atoms with Crippen molar-refractivity contribution in [1.82, 2.24) is 24.7 Å². The number of hydrogen-bond donors (Lipinski definition) is 1. The number of carboxylic acid groups (broad SMARTS) is 1. The van der Waals surface area contributed by atoms with E-state index in [-0.39, 0.29) is 10.6 Å². The van der Waals surface area contributed by atoms with E-state index in [0.29, 0.717) is 23.3 Å². The van der Waals surface area contributed by atoms with E-state index in [1.807, 2.05) is 13.0 Å². The van der Waals surface area contributed by atoms with Crippen LogP contribution >= 0.6 is 11.6 Å². The topological polar surface area (TPSA) is 93.8 Å². The number of pyridine rings is 1. The van der Waals surface area contributed by atoms with E-state index in [4.69, 9.17) is 16.7 Å². The molecule has 8 heteroatoms. The minimum Gasteiger partial charge on any atom is -0.478 e. The predicted octanol–water partition coefficient (Wildman–Crippen LogP) is 2.24. The molecule has 0 atom stereocenters. The Bertz CT molecular complexity index is 890. The highest BCUT2D eigenvalue weighted by Gasteiger charge is 2.19. The van der Waals surface area contributed by atoms with Crippen molar-refractivity contribution in [1.29, 1.82) is 0 Å². The first-order chi connectivity index (χ1) is 10.5. The standard InChI is InChI=1S/C14H12ClN5O2/c1-7-3-9(18-6-17-7)5-20-13-11(8(2)19-20)12(15)10(4-16-13)14(21)22/h3-4,6H,5H2,1-2H3,(H,21,22). The maximum atomic E-state index is 11.1. The lowest BCUT2D eigenvalue weighted by atomic mass is 10.2. The minimum absolute atomic E-state index is 0.0327. The summed E-state index contributed by atoms with van der Waals surface area (Å²) in [5.41, 5.74) is 2.77. The first-order valence-corrected chi connectivity index (χ1v) is 6.87. The summed E-state index contributed by atoms with van der Waals surface area (Å²) in [5, 5.41) is 14.2. The van der Waals surface area contributed by atoms with Crippen LogP contribution in [0, 0.1) is 13.8 Å². The third-order valence-corrected chi connectivity index (χ3v) is 3.67. The van der Waals surface area contributed by atoms with Gasteiger partial charge in [0.1, 0.15) is 6.33 Å². The molecule has 1 N–H and O–H groups in total. The van der Waals surface area contributed by atoms with Gasteiger partial charge in [-0.3, -0.25) is 0 Å². The third kappa shape index (κ3) is 2.39. The number of carboxylic acids is 1. The number of nitrogens with zero attached hydrogens (tertiary/aromatic N) is 5. The molecule has 0 radical (unpaired) electrons. The zero-order valence-electron chi connectivity index (χ0n) is 11.9. The maximum Gasteiger partial charge on any atom is 0.338 e. The first kappa shape index (κ1) is 14.4. The van der Waals surface area contributed by atoms with E-state index in [0.717, 1.165) is 11.4 Å². The monoisotopic (exact) mass is 317 g/mol. The van der Waals surface area contributed by atoms with Gasteiger partial charge in [0.2, 0.25) is 0 Å². The molecule has 0 aliphatic heterocycles. The summed E-state index contributed by atoms with van der Waals surface area (Å²) in [6, 6.07) is 1.86. The third-order valence-electron chi connectivity index (χ3n) is 3.28. The van der Waals surface area contributed by atoms with Crippen molar-refractivity contribution in [2.75, 3.05) is 0 Å². The average molecular weight is 318 g/mol. The Labute approximate surface area is 130 Å². The predicted molar refractivity (Wildman–Crippen MR) is 80.1 cm³/mol. The zero-order chi connectivity index (χ0) is 15.9. The van der Waals surface area contributed by atoms with Crippen LogP contribution < -0.4 is 0 Å². The second-order valence-electron chi connectivity index (χ2n) is 4.88. The summed E-state index contributed by atoms with van der Waals surface area (Å²) >= 11 is 6.18. The second-order valence-corrected chi connectivity index (χ2v) is 5.26. The molecule has 0 fully saturated rings. The van der Waals surface area contributed by atoms with Crippen LogP contribution in [0.25, 0.3) is 11.0 Å². The Morgan fingerprint density at radius 1 is 1.32 bits per heavy atom. The molecule has 3 aromatic heterocycles. The zero-order valence-corrected chi connectivity index (χ0v) is 12.7. The van der Waals surface area contributed by atoms with Crippen LogP contribution in [0.15, 0.2) is 18.6 Å². The van der Waals surface area contributed by atoms with Gasteiger partial charge in [-0.15, -0.1) is 0 Å². The lowest BCUT2D eigenvalue weighted by Crippen LogP contribution is -2.06. The molecule has 0 bridgehead atoms. The summed E-state index contributed by atoms with van der Waals surface area (Å²) in [7, 11) is 0. The van der Waals surface area contributed by atoms with Gasteiger partial charge in [-0.05, 0) is 19.9 Å². The van der Waals surface area contributed by atoms with Crippen molar-refractivity contribution >= 4 is 28.6 Å². The molecule has 3 rings (SSSR count). The fourth-order valence-corrected chi connectivity index (χ4v) is 2.63. The molecule has 3 heterocycles. The van der Waals surface area contributed by atoms with Gasteiger partial charge in [-0.1, -0.05) is 11.6 Å². The van der Waals surface area contributed by atoms with E-state index in [1.54, 1.807) is 11.6 Å². The van der Waals surface area contributed by atoms with Crippen LogP contribution in [0.2, 0.25) is 5.02 Å². The van der Waals surface area contributed by atoms with Gasteiger partial charge in [-0.25, -0.2) is 24.4 Å². The van der Waals surface area contributed by atoms with E-state index < -0.39 is 5.97 Å². The van der Waals surface area contributed by atoms with E-state index in [9.17, 15) is 4.79 Å². The highest BCUT2D eigenvalue weighted by atomic mass is 35.5. The van der Waals surface area contributed by atoms with Crippen molar-refractivity contribution in [3.8, 4) is 0 Å². The number of halogens is 1. The first-order valence-electron chi connectivity index (χ1n) is 6.50. The molecule has 0 amide bonds. The summed E-state index contributed by atoms with van der Waals surface area (Å²) in [5.74, 6) is -1.11. The van der Waals surface area contributed by atoms with Crippen LogP contribution in [0.1, 0.15) is 27.4 Å². The van der Waals surface area contributed by atoms with Crippen molar-refractivity contribution in [2.24, 2.45) is 0 Å². The van der Waals surface area contributed by atoms with Gasteiger partial charge in [0, 0.05) is 11.9 Å². The second kappa shape index (κ2) is 5.34. The molecular formula is C14H12ClN5O2. The number of fused-ring (bicyclic) bond motifs is 1. The lowest BCUT2D eigenvalue weighted by molar-refractivity contribution is 0.0697. The van der Waals surface area contributed by atoms with Crippen LogP contribution in [-0.2, 0) is 6.54 Å². The van der Waals surface area contributed by atoms with Gasteiger partial charge in [0.15, 0.2) is 5.65 Å². The van der Waals surface area contributed by atoms with Gasteiger partial charge in [0.25, 0.3) is 0 Å². The number of aromatic nitrogens is 5. The van der Waals surface area contributed by atoms with Gasteiger partial charge >= 0.3 is 5.97 Å². The Balaban J connectivity index is 2.12. The van der Waals surface area contributed by atoms with Crippen LogP contribution in [-0.4, -0.2) is 35.8 Å². The summed E-state index contributed by atoms with van der Waals surface area (Å²) in [6.45, 7) is 4.05. The van der Waals surface area contributed by atoms with Gasteiger partial charge in [0.05, 0.1) is 33.9 Å². The maximum absolute atomic E-state index is 11.1. The molecule has 0 saturated carbocycles. The largest absolute Gasteiger partial charge is 0.478 e. The Morgan fingerprint density at radius 2 is 2.09 bits per heavy atom. The number of carbonyl (C=O) groups is 1. The smallest absolute Gasteiger partial charge is 0.338 e. The normalized spacial score (nSPS) is 11.0. The van der Waals surface area contributed by atoms with Gasteiger partial charge in [-0.2, -0.15) is 5.10 Å². The lowest BCUT2D eigenvalue weighted by Gasteiger charge is -2.04. The van der Waals surface area contributed by atoms with Crippen LogP contribution in [0.4, 0.5) is 0 Å². The minimum atomic E-state index is -1.11. The fraction of sp³-hybridized carbons (Fsp3) is 0.214. The fourth-order valence-electron chi connectivity index (χ4n) is 2.28. The molecule has 3 aromatic rings. The van der Waals surface area contributed by atoms with E-state index in [2.05, 4.69) is 20.1 Å². The quantitative estimate of drug-likeness (QED) is 0.796. The molecule has 0 spiro atoms. The molecule has 0 unspecified atom stereocenters. The van der Waals surface area contributed by atoms with E-state index >= 15 is 0 Å². The van der Waals surface area contributed by atoms with Gasteiger partial charge < -0.3 is 5.11 Å². The van der Waals surface area contributed by atoms with Crippen molar-refractivity contribution in [3.63, 3.8) is 0 Å². The molecule has 0 aliphatic carbocycles. The summed E-state index contributed by atoms with van der Waals surface area (Å²) in [4.78, 5) is 23.6.